The summed E-state index contributed by atoms with van der Waals surface area (Å²) in [5.74, 6) is -0.0330. The molecule has 2 unspecified atom stereocenters. The number of nitrogens with zero attached hydrogens (tertiary/aromatic N) is 8. The average molecular weight is 714 g/mol. The summed E-state index contributed by atoms with van der Waals surface area (Å²) in [5.41, 5.74) is 5.90. The Hall–Kier alpha value is -5.82. The Morgan fingerprint density at radius 2 is 1.64 bits per heavy atom. The van der Waals surface area contributed by atoms with Gasteiger partial charge in [0.05, 0.1) is 40.3 Å². The molecule has 2 amide bonds. The largest absolute Gasteiger partial charge is 0.363 e. The Balaban J connectivity index is 0.888. The number of para-hydroxylation sites is 2. The third-order valence-corrected chi connectivity index (χ3v) is 11.0. The number of hydrogen-bond donors (Lipinski definition) is 1. The SMILES string of the molecule is O=C1CCC(n2c(=O)n(CCN3CCN(c4cccc(-c5cnc6ccc(N7CCCC7c7cccc(F)c7)cn56)n4)CC3)c3ccccc32)C(=O)N1. The van der Waals surface area contributed by atoms with Crippen molar-refractivity contribution in [3.05, 3.63) is 113 Å². The number of pyridine rings is 2. The average Bonchev–Trinajstić information content (AvgIpc) is 3.91. The number of anilines is 2. The molecule has 3 aliphatic rings. The standard InChI is InChI=1S/C40H40FN9O3/c41-28-7-3-6-27(24-28)31-11-5-17-47(31)29-13-15-36-42-25-35(49(36)26-29)30-8-4-12-37(43-30)46-21-18-45(19-22-46)20-23-48-32-9-1-2-10-33(32)50(40(48)53)34-14-16-38(51)44-39(34)52/h1-4,6-10,12-13,15,24-26,31,34H,5,11,14,16-23H2,(H,44,51,52). The molecule has 2 atom stereocenters. The van der Waals surface area contributed by atoms with E-state index < -0.39 is 11.9 Å². The van der Waals surface area contributed by atoms with Gasteiger partial charge in [0.1, 0.15) is 23.3 Å². The fraction of sp³-hybridized carbons (Fsp3) is 0.325. The maximum atomic E-state index is 14.1. The predicted molar refractivity (Wildman–Crippen MR) is 200 cm³/mol. The van der Waals surface area contributed by atoms with Crippen molar-refractivity contribution in [1.82, 2.24) is 33.7 Å². The second kappa shape index (κ2) is 13.6. The maximum Gasteiger partial charge on any atom is 0.329 e. The fourth-order valence-corrected chi connectivity index (χ4v) is 8.33. The Labute approximate surface area is 305 Å². The highest BCUT2D eigenvalue weighted by Gasteiger charge is 2.32. The number of aromatic nitrogens is 5. The van der Waals surface area contributed by atoms with E-state index >= 15 is 0 Å². The lowest BCUT2D eigenvalue weighted by atomic mass is 10.0. The highest BCUT2D eigenvalue weighted by Crippen LogP contribution is 2.37. The van der Waals surface area contributed by atoms with Crippen LogP contribution in [0.4, 0.5) is 15.9 Å². The number of imidazole rings is 2. The van der Waals surface area contributed by atoms with Gasteiger partial charge in [-0.3, -0.25) is 33.3 Å². The molecule has 0 radical (unpaired) electrons. The zero-order chi connectivity index (χ0) is 36.1. The lowest BCUT2D eigenvalue weighted by molar-refractivity contribution is -0.135. The molecular formula is C40H40FN9O3. The van der Waals surface area contributed by atoms with E-state index in [4.69, 9.17) is 4.98 Å². The fourth-order valence-electron chi connectivity index (χ4n) is 8.33. The lowest BCUT2D eigenvalue weighted by Crippen LogP contribution is -2.48. The van der Waals surface area contributed by atoms with Gasteiger partial charge in [0.25, 0.3) is 0 Å². The molecule has 2 aromatic carbocycles. The van der Waals surface area contributed by atoms with E-state index in [0.717, 1.165) is 85.2 Å². The van der Waals surface area contributed by atoms with Gasteiger partial charge >= 0.3 is 5.69 Å². The Bertz CT molecular complexity index is 2410. The first-order valence-electron chi connectivity index (χ1n) is 18.4. The van der Waals surface area contributed by atoms with Gasteiger partial charge in [-0.05, 0) is 73.4 Å². The zero-order valence-electron chi connectivity index (χ0n) is 29.3. The topological polar surface area (TPSA) is 113 Å². The number of halogens is 1. The molecule has 7 heterocycles. The van der Waals surface area contributed by atoms with Gasteiger partial charge in [-0.1, -0.05) is 30.3 Å². The first kappa shape index (κ1) is 33.0. The van der Waals surface area contributed by atoms with E-state index in [1.807, 2.05) is 60.8 Å². The van der Waals surface area contributed by atoms with Crippen LogP contribution in [0.1, 0.15) is 43.3 Å². The van der Waals surface area contributed by atoms with E-state index in [-0.39, 0.29) is 29.9 Å². The molecule has 0 saturated carbocycles. The predicted octanol–water partition coefficient (Wildman–Crippen LogP) is 4.79. The quantitative estimate of drug-likeness (QED) is 0.224. The summed E-state index contributed by atoms with van der Waals surface area (Å²) in [6, 6.07) is 24.1. The van der Waals surface area contributed by atoms with Gasteiger partial charge in [-0.15, -0.1) is 0 Å². The monoisotopic (exact) mass is 713 g/mol. The molecule has 12 nitrogen and oxygen atoms in total. The van der Waals surface area contributed by atoms with Crippen LogP contribution in [0.2, 0.25) is 0 Å². The Kier molecular flexibility index (Phi) is 8.49. The molecule has 3 aliphatic heterocycles. The van der Waals surface area contributed by atoms with Crippen molar-refractivity contribution in [1.29, 1.82) is 0 Å². The van der Waals surface area contributed by atoms with Crippen molar-refractivity contribution >= 4 is 40.0 Å². The van der Waals surface area contributed by atoms with Crippen LogP contribution in [-0.2, 0) is 16.1 Å². The second-order valence-electron chi connectivity index (χ2n) is 14.1. The molecule has 270 valence electrons. The van der Waals surface area contributed by atoms with Crippen molar-refractivity contribution in [3.8, 4) is 11.4 Å². The third-order valence-electron chi connectivity index (χ3n) is 11.0. The highest BCUT2D eigenvalue weighted by molar-refractivity contribution is 6.00. The molecule has 9 rings (SSSR count). The van der Waals surface area contributed by atoms with Gasteiger partial charge in [-0.2, -0.15) is 0 Å². The molecule has 0 aliphatic carbocycles. The van der Waals surface area contributed by atoms with E-state index in [2.05, 4.69) is 41.7 Å². The summed E-state index contributed by atoms with van der Waals surface area (Å²) in [6.07, 6.45) is 6.53. The normalized spacial score (nSPS) is 19.8. The molecule has 1 N–H and O–H groups in total. The summed E-state index contributed by atoms with van der Waals surface area (Å²) in [7, 11) is 0. The van der Waals surface area contributed by atoms with Crippen molar-refractivity contribution in [2.24, 2.45) is 0 Å². The second-order valence-corrected chi connectivity index (χ2v) is 14.1. The molecule has 6 aromatic rings. The minimum Gasteiger partial charge on any atom is -0.363 e. The van der Waals surface area contributed by atoms with Gasteiger partial charge in [0.2, 0.25) is 11.8 Å². The van der Waals surface area contributed by atoms with Crippen molar-refractivity contribution in [2.75, 3.05) is 49.1 Å². The van der Waals surface area contributed by atoms with E-state index in [1.165, 1.54) is 6.07 Å². The smallest absolute Gasteiger partial charge is 0.329 e. The van der Waals surface area contributed by atoms with Gasteiger partial charge < -0.3 is 9.80 Å². The van der Waals surface area contributed by atoms with Crippen LogP contribution < -0.4 is 20.8 Å². The Morgan fingerprint density at radius 3 is 2.47 bits per heavy atom. The first-order valence-corrected chi connectivity index (χ1v) is 18.4. The number of fused-ring (bicyclic) bond motifs is 2. The number of piperidine rings is 1. The van der Waals surface area contributed by atoms with Crippen LogP contribution in [0.5, 0.6) is 0 Å². The number of piperazine rings is 1. The summed E-state index contributed by atoms with van der Waals surface area (Å²) in [5, 5.41) is 2.39. The molecule has 3 fully saturated rings. The first-order chi connectivity index (χ1) is 25.9. The van der Waals surface area contributed by atoms with Crippen LogP contribution in [0.15, 0.2) is 96.1 Å². The van der Waals surface area contributed by atoms with Crippen LogP contribution >= 0.6 is 0 Å². The van der Waals surface area contributed by atoms with Gasteiger partial charge in [0.15, 0.2) is 0 Å². The summed E-state index contributed by atoms with van der Waals surface area (Å²) >= 11 is 0. The van der Waals surface area contributed by atoms with Crippen molar-refractivity contribution in [3.63, 3.8) is 0 Å². The summed E-state index contributed by atoms with van der Waals surface area (Å²) < 4.78 is 19.5. The number of rotatable bonds is 8. The van der Waals surface area contributed by atoms with E-state index in [0.29, 0.717) is 25.0 Å². The summed E-state index contributed by atoms with van der Waals surface area (Å²) in [6.45, 7) is 5.28. The van der Waals surface area contributed by atoms with Crippen molar-refractivity contribution in [2.45, 2.75) is 44.3 Å². The molecule has 0 spiro atoms. The van der Waals surface area contributed by atoms with Crippen molar-refractivity contribution < 1.29 is 14.0 Å². The maximum absolute atomic E-state index is 14.1. The minimum absolute atomic E-state index is 0.120. The highest BCUT2D eigenvalue weighted by atomic mass is 19.1. The van der Waals surface area contributed by atoms with E-state index in [1.54, 1.807) is 21.3 Å². The number of amides is 2. The van der Waals surface area contributed by atoms with Gasteiger partial charge in [-0.25, -0.2) is 19.2 Å². The molecular weight excluding hydrogens is 673 g/mol. The number of nitrogens with one attached hydrogen (secondary N) is 1. The molecule has 4 aromatic heterocycles. The number of hydrogen-bond acceptors (Lipinski definition) is 8. The number of benzene rings is 2. The Morgan fingerprint density at radius 1 is 0.811 bits per heavy atom. The number of carbonyl (C=O) groups excluding carboxylic acids is 2. The third kappa shape index (κ3) is 6.14. The zero-order valence-corrected chi connectivity index (χ0v) is 29.3. The number of carbonyl (C=O) groups is 2. The van der Waals surface area contributed by atoms with Gasteiger partial charge in [0, 0.05) is 58.4 Å². The molecule has 0 bridgehead atoms. The summed E-state index contributed by atoms with van der Waals surface area (Å²) in [4.78, 5) is 55.0. The minimum atomic E-state index is -0.704. The van der Waals surface area contributed by atoms with E-state index in [9.17, 15) is 18.8 Å². The lowest BCUT2D eigenvalue weighted by Gasteiger charge is -2.35. The number of imide groups is 1. The molecule has 53 heavy (non-hydrogen) atoms. The van der Waals surface area contributed by atoms with Crippen LogP contribution in [0, 0.1) is 5.82 Å². The van der Waals surface area contributed by atoms with Crippen LogP contribution in [0.25, 0.3) is 28.1 Å². The van der Waals surface area contributed by atoms with Crippen LogP contribution in [0.3, 0.4) is 0 Å². The molecule has 13 heteroatoms. The van der Waals surface area contributed by atoms with Crippen LogP contribution in [-0.4, -0.2) is 79.5 Å². The molecule has 3 saturated heterocycles.